The molecule has 4 nitrogen and oxygen atoms in total. The first kappa shape index (κ1) is 15.9. The van der Waals surface area contributed by atoms with Crippen LogP contribution in [-0.2, 0) is 5.41 Å². The molecule has 0 bridgehead atoms. The number of benzene rings is 1. The van der Waals surface area contributed by atoms with E-state index in [9.17, 15) is 5.11 Å². The van der Waals surface area contributed by atoms with E-state index in [1.54, 1.807) is 0 Å². The molecular weight excluding hydrogens is 322 g/mol. The first-order chi connectivity index (χ1) is 12.4. The Bertz CT molecular complexity index is 1020. The van der Waals surface area contributed by atoms with Crippen molar-refractivity contribution >= 4 is 11.3 Å². The molecule has 26 heavy (non-hydrogen) atoms. The Kier molecular flexibility index (Phi) is 2.99. The molecule has 3 aromatic rings. The quantitative estimate of drug-likeness (QED) is 0.687. The number of aliphatic hydroxyl groups is 1. The second kappa shape index (κ2) is 4.89. The van der Waals surface area contributed by atoms with Gasteiger partial charge in [-0.25, -0.2) is 4.98 Å². The number of imidazole rings is 1. The average molecular weight is 347 g/mol. The van der Waals surface area contributed by atoms with Gasteiger partial charge in [0.1, 0.15) is 5.65 Å². The van der Waals surface area contributed by atoms with Gasteiger partial charge in [0.25, 0.3) is 0 Å². The van der Waals surface area contributed by atoms with Crippen LogP contribution in [0.4, 0.5) is 5.69 Å². The normalized spacial score (nSPS) is 29.2. The summed E-state index contributed by atoms with van der Waals surface area (Å²) in [5, 5.41) is 15.3. The topological polar surface area (TPSA) is 49.6 Å². The third-order valence-corrected chi connectivity index (χ3v) is 6.95. The van der Waals surface area contributed by atoms with Gasteiger partial charge in [0.2, 0.25) is 0 Å². The molecule has 2 N–H and O–H groups in total. The van der Waals surface area contributed by atoms with Gasteiger partial charge >= 0.3 is 0 Å². The fourth-order valence-electron chi connectivity index (χ4n) is 5.43. The van der Waals surface area contributed by atoms with Crippen molar-refractivity contribution in [3.63, 3.8) is 0 Å². The van der Waals surface area contributed by atoms with Crippen LogP contribution in [0.25, 0.3) is 16.9 Å². The maximum Gasteiger partial charge on any atom is 0.137 e. The predicted octanol–water partition coefficient (Wildman–Crippen LogP) is 4.38. The molecule has 1 saturated carbocycles. The number of pyridine rings is 1. The Morgan fingerprint density at radius 3 is 2.81 bits per heavy atom. The Balaban J connectivity index is 1.74. The average Bonchev–Trinajstić information content (AvgIpc) is 3.20. The van der Waals surface area contributed by atoms with Gasteiger partial charge in [0.05, 0.1) is 16.8 Å². The summed E-state index contributed by atoms with van der Waals surface area (Å²) in [6.45, 7) is 6.49. The van der Waals surface area contributed by atoms with Gasteiger partial charge in [-0.15, -0.1) is 0 Å². The number of hydrogen-bond acceptors (Lipinski definition) is 3. The van der Waals surface area contributed by atoms with E-state index in [0.29, 0.717) is 0 Å². The lowest BCUT2D eigenvalue weighted by molar-refractivity contribution is -0.0628. The van der Waals surface area contributed by atoms with Crippen LogP contribution >= 0.6 is 0 Å². The van der Waals surface area contributed by atoms with E-state index in [4.69, 9.17) is 0 Å². The Morgan fingerprint density at radius 2 is 1.96 bits per heavy atom. The first-order valence-electron chi connectivity index (χ1n) is 9.43. The van der Waals surface area contributed by atoms with Crippen LogP contribution in [0, 0.1) is 0 Å². The monoisotopic (exact) mass is 347 g/mol. The van der Waals surface area contributed by atoms with Crippen LogP contribution in [0.1, 0.15) is 45.6 Å². The summed E-state index contributed by atoms with van der Waals surface area (Å²) in [7, 11) is 0. The molecule has 1 aromatic carbocycles. The molecule has 0 amide bonds. The van der Waals surface area contributed by atoms with E-state index in [0.717, 1.165) is 41.9 Å². The fraction of sp³-hybridized carbons (Fsp3) is 0.409. The van der Waals surface area contributed by atoms with Crippen LogP contribution < -0.4 is 5.32 Å². The molecule has 2 aliphatic rings. The minimum Gasteiger partial charge on any atom is -0.387 e. The number of nitrogens with one attached hydrogen (secondary N) is 1. The second-order valence-corrected chi connectivity index (χ2v) is 8.62. The molecule has 0 spiro atoms. The summed E-state index contributed by atoms with van der Waals surface area (Å²) in [5.41, 5.74) is 4.27. The van der Waals surface area contributed by atoms with Gasteiger partial charge in [0.15, 0.2) is 0 Å². The van der Waals surface area contributed by atoms with Crippen LogP contribution in [0.3, 0.4) is 0 Å². The molecule has 2 atom stereocenters. The third-order valence-electron chi connectivity index (χ3n) is 6.95. The van der Waals surface area contributed by atoms with E-state index in [-0.39, 0.29) is 11.0 Å². The summed E-state index contributed by atoms with van der Waals surface area (Å²) in [4.78, 5) is 4.40. The van der Waals surface area contributed by atoms with Crippen molar-refractivity contribution in [1.29, 1.82) is 0 Å². The van der Waals surface area contributed by atoms with E-state index < -0.39 is 5.60 Å². The van der Waals surface area contributed by atoms with Gasteiger partial charge in [-0.05, 0) is 68.5 Å². The summed E-state index contributed by atoms with van der Waals surface area (Å²) in [5.74, 6) is 0. The lowest BCUT2D eigenvalue weighted by Gasteiger charge is -2.55. The highest BCUT2D eigenvalue weighted by molar-refractivity contribution is 5.72. The highest BCUT2D eigenvalue weighted by Gasteiger charge is 2.62. The van der Waals surface area contributed by atoms with Gasteiger partial charge in [-0.1, -0.05) is 19.1 Å². The Hall–Kier alpha value is -2.33. The largest absolute Gasteiger partial charge is 0.387 e. The predicted molar refractivity (Wildman–Crippen MR) is 104 cm³/mol. The summed E-state index contributed by atoms with van der Waals surface area (Å²) in [6.07, 6.45) is 6.74. The molecule has 1 aliphatic carbocycles. The molecule has 3 heterocycles. The summed E-state index contributed by atoms with van der Waals surface area (Å²) >= 11 is 0. The maximum atomic E-state index is 11.7. The minimum atomic E-state index is -0.743. The van der Waals surface area contributed by atoms with Crippen LogP contribution in [0.5, 0.6) is 0 Å². The van der Waals surface area contributed by atoms with Crippen molar-refractivity contribution in [1.82, 2.24) is 9.38 Å². The number of fused-ring (bicyclic) bond motifs is 4. The highest BCUT2D eigenvalue weighted by atomic mass is 16.3. The standard InChI is InChI=1S/C22H25N3O/c1-20(2)22(26)11-5-10-21(22,3)16-14-15(8-9-17(16)24-20)18-6-4-7-19-23-12-13-25(18)19/h4,6-9,12-14,24,26H,5,10-11H2,1-3H3. The molecule has 0 radical (unpaired) electrons. The van der Waals surface area contributed by atoms with Crippen molar-refractivity contribution in [3.8, 4) is 11.3 Å². The molecule has 1 fully saturated rings. The zero-order valence-electron chi connectivity index (χ0n) is 15.6. The number of rotatable bonds is 1. The highest BCUT2D eigenvalue weighted by Crippen LogP contribution is 2.58. The smallest absolute Gasteiger partial charge is 0.137 e. The van der Waals surface area contributed by atoms with Crippen LogP contribution in [0.15, 0.2) is 48.8 Å². The van der Waals surface area contributed by atoms with Gasteiger partial charge in [-0.2, -0.15) is 0 Å². The molecule has 134 valence electrons. The van der Waals surface area contributed by atoms with Gasteiger partial charge in [-0.3, -0.25) is 4.40 Å². The second-order valence-electron chi connectivity index (χ2n) is 8.62. The van der Waals surface area contributed by atoms with E-state index in [1.165, 1.54) is 5.56 Å². The van der Waals surface area contributed by atoms with Crippen molar-refractivity contribution in [2.45, 2.75) is 56.6 Å². The molecule has 5 rings (SSSR count). The number of nitrogens with zero attached hydrogens (tertiary/aromatic N) is 2. The Labute approximate surface area is 153 Å². The SMILES string of the molecule is CC1(C)Nc2ccc(-c3cccc4nccn34)cc2C2(C)CCCC12O. The van der Waals surface area contributed by atoms with Gasteiger partial charge < -0.3 is 10.4 Å². The fourth-order valence-corrected chi connectivity index (χ4v) is 5.43. The molecular formula is C22H25N3O. The van der Waals surface area contributed by atoms with Crippen molar-refractivity contribution < 1.29 is 5.11 Å². The summed E-state index contributed by atoms with van der Waals surface area (Å²) < 4.78 is 2.12. The van der Waals surface area contributed by atoms with E-state index in [1.807, 2.05) is 24.5 Å². The molecule has 2 unspecified atom stereocenters. The Morgan fingerprint density at radius 1 is 1.12 bits per heavy atom. The first-order valence-corrected chi connectivity index (χ1v) is 9.43. The minimum absolute atomic E-state index is 0.240. The van der Waals surface area contributed by atoms with Gasteiger partial charge in [0, 0.05) is 23.5 Å². The van der Waals surface area contributed by atoms with E-state index >= 15 is 0 Å². The zero-order valence-corrected chi connectivity index (χ0v) is 15.6. The molecule has 2 aromatic heterocycles. The lowest BCUT2D eigenvalue weighted by atomic mass is 9.60. The van der Waals surface area contributed by atoms with E-state index in [2.05, 4.69) is 59.7 Å². The number of hydrogen-bond donors (Lipinski definition) is 2. The van der Waals surface area contributed by atoms with Crippen molar-refractivity contribution in [2.24, 2.45) is 0 Å². The van der Waals surface area contributed by atoms with Crippen LogP contribution in [-0.4, -0.2) is 25.6 Å². The third kappa shape index (κ3) is 1.80. The number of aromatic nitrogens is 2. The van der Waals surface area contributed by atoms with Crippen molar-refractivity contribution in [3.05, 3.63) is 54.4 Å². The van der Waals surface area contributed by atoms with Crippen molar-refractivity contribution in [2.75, 3.05) is 5.32 Å². The number of anilines is 1. The molecule has 0 saturated heterocycles. The zero-order chi connectivity index (χ0) is 18.2. The molecule has 4 heteroatoms. The van der Waals surface area contributed by atoms with Crippen LogP contribution in [0.2, 0.25) is 0 Å². The molecule has 1 aliphatic heterocycles. The lowest BCUT2D eigenvalue weighted by Crippen LogP contribution is -2.65. The maximum absolute atomic E-state index is 11.7. The summed E-state index contributed by atoms with van der Waals surface area (Å²) in [6, 6.07) is 12.8.